The fourth-order valence-corrected chi connectivity index (χ4v) is 3.45. The molecule has 0 aliphatic heterocycles. The number of aliphatic carboxylic acids is 1. The van der Waals surface area contributed by atoms with E-state index in [9.17, 15) is 10.1 Å². The standard InChI is InChI=1S/C28H22N2O4/c1-18-3-9-21(10-4-18)26-24(15-29)28(34-27(26)22-11-5-19(2)6-12-22)30-16-20-7-13-23(14-8-20)33-17-25(31)32/h3-14,16H,17H2,1-2H3,(H,31,32). The van der Waals surface area contributed by atoms with E-state index in [-0.39, 0.29) is 5.88 Å². The molecule has 0 bridgehead atoms. The van der Waals surface area contributed by atoms with Gasteiger partial charge < -0.3 is 14.3 Å². The van der Waals surface area contributed by atoms with Crippen LogP contribution in [0.2, 0.25) is 0 Å². The molecule has 4 aromatic rings. The second-order valence-corrected chi connectivity index (χ2v) is 7.84. The quantitative estimate of drug-likeness (QED) is 0.333. The van der Waals surface area contributed by atoms with Crippen molar-refractivity contribution in [1.29, 1.82) is 5.26 Å². The fourth-order valence-electron chi connectivity index (χ4n) is 3.45. The van der Waals surface area contributed by atoms with Crippen molar-refractivity contribution in [2.24, 2.45) is 4.99 Å². The lowest BCUT2D eigenvalue weighted by molar-refractivity contribution is -0.139. The number of rotatable bonds is 7. The molecule has 1 N–H and O–H groups in total. The number of ether oxygens (including phenoxy) is 1. The highest BCUT2D eigenvalue weighted by atomic mass is 16.5. The second kappa shape index (κ2) is 9.88. The lowest BCUT2D eigenvalue weighted by atomic mass is 9.97. The van der Waals surface area contributed by atoms with E-state index in [0.717, 1.165) is 27.8 Å². The molecule has 0 amide bonds. The number of furan rings is 1. The minimum atomic E-state index is -1.04. The maximum Gasteiger partial charge on any atom is 0.341 e. The van der Waals surface area contributed by atoms with Crippen LogP contribution in [-0.4, -0.2) is 23.9 Å². The third kappa shape index (κ3) is 5.05. The molecule has 0 aliphatic rings. The number of carbonyl (C=O) groups is 1. The van der Waals surface area contributed by atoms with E-state index < -0.39 is 12.6 Å². The topological polar surface area (TPSA) is 95.8 Å². The summed E-state index contributed by atoms with van der Waals surface area (Å²) in [5, 5.41) is 18.7. The first-order valence-corrected chi connectivity index (χ1v) is 10.6. The Balaban J connectivity index is 1.73. The van der Waals surface area contributed by atoms with Crippen LogP contribution >= 0.6 is 0 Å². The van der Waals surface area contributed by atoms with Gasteiger partial charge in [0.05, 0.1) is 0 Å². The van der Waals surface area contributed by atoms with Crippen LogP contribution in [0.1, 0.15) is 22.3 Å². The molecule has 1 aromatic heterocycles. The molecule has 0 atom stereocenters. The summed E-state index contributed by atoms with van der Waals surface area (Å²) in [6.07, 6.45) is 1.60. The van der Waals surface area contributed by atoms with Crippen molar-refractivity contribution in [2.75, 3.05) is 6.61 Å². The predicted octanol–water partition coefficient (Wildman–Crippen LogP) is 6.32. The van der Waals surface area contributed by atoms with E-state index in [1.165, 1.54) is 0 Å². The summed E-state index contributed by atoms with van der Waals surface area (Å²) in [7, 11) is 0. The van der Waals surface area contributed by atoms with Gasteiger partial charge in [0.25, 0.3) is 0 Å². The summed E-state index contributed by atoms with van der Waals surface area (Å²) in [6, 6.07) is 25.0. The summed E-state index contributed by atoms with van der Waals surface area (Å²) in [5.74, 6) is 0.213. The Morgan fingerprint density at radius 1 is 0.971 bits per heavy atom. The van der Waals surface area contributed by atoms with Gasteiger partial charge in [-0.25, -0.2) is 9.79 Å². The Morgan fingerprint density at radius 3 is 2.12 bits per heavy atom. The van der Waals surface area contributed by atoms with Crippen molar-refractivity contribution in [3.05, 3.63) is 95.1 Å². The monoisotopic (exact) mass is 450 g/mol. The van der Waals surface area contributed by atoms with Crippen molar-refractivity contribution in [2.45, 2.75) is 13.8 Å². The number of nitriles is 1. The number of carboxylic acids is 1. The van der Waals surface area contributed by atoms with Crippen LogP contribution in [0.4, 0.5) is 5.88 Å². The summed E-state index contributed by atoms with van der Waals surface area (Å²) in [5.41, 5.74) is 5.80. The Labute approximate surface area is 197 Å². The number of hydrogen-bond donors (Lipinski definition) is 1. The molecule has 0 saturated heterocycles. The third-order valence-corrected chi connectivity index (χ3v) is 5.23. The average Bonchev–Trinajstić information content (AvgIpc) is 3.21. The number of aryl methyl sites for hydroxylation is 2. The molecular formula is C28H22N2O4. The first-order valence-electron chi connectivity index (χ1n) is 10.6. The Bertz CT molecular complexity index is 1370. The highest BCUT2D eigenvalue weighted by molar-refractivity contribution is 5.90. The number of nitrogens with zero attached hydrogens (tertiary/aromatic N) is 2. The van der Waals surface area contributed by atoms with Crippen LogP contribution < -0.4 is 4.74 Å². The van der Waals surface area contributed by atoms with Gasteiger partial charge in [-0.2, -0.15) is 5.26 Å². The molecule has 0 radical (unpaired) electrons. The van der Waals surface area contributed by atoms with Gasteiger partial charge in [0.2, 0.25) is 5.88 Å². The number of benzene rings is 3. The molecule has 0 unspecified atom stereocenters. The molecule has 0 saturated carbocycles. The van der Waals surface area contributed by atoms with Crippen molar-refractivity contribution in [3.8, 4) is 34.3 Å². The Hall–Kier alpha value is -4.63. The van der Waals surface area contributed by atoms with Gasteiger partial charge in [-0.3, -0.25) is 0 Å². The van der Waals surface area contributed by atoms with Crippen LogP contribution in [0.25, 0.3) is 22.5 Å². The molecule has 0 aliphatic carbocycles. The molecule has 4 rings (SSSR count). The molecule has 34 heavy (non-hydrogen) atoms. The summed E-state index contributed by atoms with van der Waals surface area (Å²) in [6.45, 7) is 3.62. The number of hydrogen-bond acceptors (Lipinski definition) is 5. The first kappa shape index (κ1) is 22.6. The minimum Gasteiger partial charge on any atom is -0.482 e. The van der Waals surface area contributed by atoms with Gasteiger partial charge in [0.1, 0.15) is 23.1 Å². The van der Waals surface area contributed by atoms with Crippen molar-refractivity contribution in [3.63, 3.8) is 0 Å². The lowest BCUT2D eigenvalue weighted by Crippen LogP contribution is -2.09. The van der Waals surface area contributed by atoms with Crippen molar-refractivity contribution >= 4 is 18.1 Å². The Kier molecular flexibility index (Phi) is 6.56. The summed E-state index contributed by atoms with van der Waals surface area (Å²) >= 11 is 0. The van der Waals surface area contributed by atoms with E-state index in [1.807, 2.05) is 62.4 Å². The third-order valence-electron chi connectivity index (χ3n) is 5.23. The molecule has 3 aromatic carbocycles. The van der Waals surface area contributed by atoms with E-state index in [2.05, 4.69) is 11.1 Å². The predicted molar refractivity (Wildman–Crippen MR) is 131 cm³/mol. The van der Waals surface area contributed by atoms with Crippen LogP contribution in [0.5, 0.6) is 5.75 Å². The van der Waals surface area contributed by atoms with E-state index in [1.54, 1.807) is 30.5 Å². The van der Waals surface area contributed by atoms with Gasteiger partial charge >= 0.3 is 5.97 Å². The van der Waals surface area contributed by atoms with E-state index in [0.29, 0.717) is 22.6 Å². The van der Waals surface area contributed by atoms with E-state index >= 15 is 0 Å². The first-order chi connectivity index (χ1) is 16.4. The van der Waals surface area contributed by atoms with E-state index in [4.69, 9.17) is 14.3 Å². The van der Waals surface area contributed by atoms with Crippen LogP contribution in [-0.2, 0) is 4.79 Å². The van der Waals surface area contributed by atoms with Gasteiger partial charge in [-0.1, -0.05) is 59.7 Å². The van der Waals surface area contributed by atoms with Gasteiger partial charge in [0, 0.05) is 17.3 Å². The zero-order chi connectivity index (χ0) is 24.1. The highest BCUT2D eigenvalue weighted by Crippen LogP contribution is 2.42. The Morgan fingerprint density at radius 2 is 1.56 bits per heavy atom. The highest BCUT2D eigenvalue weighted by Gasteiger charge is 2.22. The molecule has 0 fully saturated rings. The fraction of sp³-hybridized carbons (Fsp3) is 0.107. The largest absolute Gasteiger partial charge is 0.482 e. The smallest absolute Gasteiger partial charge is 0.341 e. The van der Waals surface area contributed by atoms with Crippen molar-refractivity contribution in [1.82, 2.24) is 0 Å². The maximum absolute atomic E-state index is 10.6. The number of aliphatic imine (C=N–C) groups is 1. The zero-order valence-corrected chi connectivity index (χ0v) is 18.8. The van der Waals surface area contributed by atoms with Gasteiger partial charge in [0.15, 0.2) is 6.61 Å². The van der Waals surface area contributed by atoms with Crippen LogP contribution in [0, 0.1) is 25.2 Å². The van der Waals surface area contributed by atoms with Crippen molar-refractivity contribution < 1.29 is 19.1 Å². The maximum atomic E-state index is 10.6. The lowest BCUT2D eigenvalue weighted by Gasteiger charge is -2.05. The molecular weight excluding hydrogens is 428 g/mol. The second-order valence-electron chi connectivity index (χ2n) is 7.84. The average molecular weight is 450 g/mol. The molecule has 6 heteroatoms. The SMILES string of the molecule is Cc1ccc(-c2oc(N=Cc3ccc(OCC(=O)O)cc3)c(C#N)c2-c2ccc(C)cc2)cc1. The molecule has 1 heterocycles. The minimum absolute atomic E-state index is 0.222. The van der Waals surface area contributed by atoms with Crippen LogP contribution in [0.3, 0.4) is 0 Å². The molecule has 6 nitrogen and oxygen atoms in total. The number of carboxylic acid groups (broad SMARTS) is 1. The van der Waals surface area contributed by atoms with Crippen LogP contribution in [0.15, 0.2) is 82.2 Å². The van der Waals surface area contributed by atoms with Gasteiger partial charge in [-0.15, -0.1) is 0 Å². The normalized spacial score (nSPS) is 10.9. The molecule has 168 valence electrons. The van der Waals surface area contributed by atoms with Gasteiger partial charge in [-0.05, 0) is 49.2 Å². The summed E-state index contributed by atoms with van der Waals surface area (Å²) in [4.78, 5) is 15.1. The summed E-state index contributed by atoms with van der Waals surface area (Å²) < 4.78 is 11.3. The zero-order valence-electron chi connectivity index (χ0n) is 18.8. The molecule has 0 spiro atoms.